The number of anilines is 1. The zero-order chi connectivity index (χ0) is 12.8. The molecule has 1 nitrogen and oxygen atoms in total. The van der Waals surface area contributed by atoms with Crippen LogP contribution in [-0.2, 0) is 0 Å². The number of fused-ring (bicyclic) bond motifs is 1. The third-order valence-corrected chi connectivity index (χ3v) is 2.76. The van der Waals surface area contributed by atoms with Crippen LogP contribution in [0.15, 0.2) is 72.8 Å². The molecule has 1 heteroatoms. The summed E-state index contributed by atoms with van der Waals surface area (Å²) >= 11 is 0. The number of hydrogen-bond donors (Lipinski definition) is 1. The summed E-state index contributed by atoms with van der Waals surface area (Å²) in [6, 6.07) is 24.3. The fourth-order valence-electron chi connectivity index (χ4n) is 1.78. The maximum Gasteiger partial charge on any atom is 0.0393 e. The maximum absolute atomic E-state index is 5.76. The van der Waals surface area contributed by atoms with Crippen molar-refractivity contribution in [2.75, 3.05) is 5.73 Å². The summed E-state index contributed by atoms with van der Waals surface area (Å²) in [5, 5.41) is 2.34. The Hall–Kier alpha value is -2.28. The van der Waals surface area contributed by atoms with Gasteiger partial charge in [-0.2, -0.15) is 0 Å². The topological polar surface area (TPSA) is 26.0 Å². The lowest BCUT2D eigenvalue weighted by atomic mass is 10.1. The third kappa shape index (κ3) is 3.11. The Balaban J connectivity index is 0.000000149. The van der Waals surface area contributed by atoms with Crippen LogP contribution >= 0.6 is 0 Å². The summed E-state index contributed by atoms with van der Waals surface area (Å²) in [4.78, 5) is 0. The first-order valence-electron chi connectivity index (χ1n) is 6.02. The van der Waals surface area contributed by atoms with Crippen molar-refractivity contribution in [1.82, 2.24) is 0 Å². The molecule has 0 heterocycles. The highest BCUT2D eigenvalue weighted by Gasteiger charge is 1.92. The van der Waals surface area contributed by atoms with Gasteiger partial charge in [0, 0.05) is 11.1 Å². The van der Waals surface area contributed by atoms with Gasteiger partial charge in [-0.1, -0.05) is 72.3 Å². The van der Waals surface area contributed by atoms with Crippen LogP contribution in [-0.4, -0.2) is 0 Å². The fourth-order valence-corrected chi connectivity index (χ4v) is 1.78. The van der Waals surface area contributed by atoms with E-state index in [9.17, 15) is 0 Å². The van der Waals surface area contributed by atoms with Gasteiger partial charge in [-0.25, -0.2) is 0 Å². The molecule has 0 bridgehead atoms. The van der Waals surface area contributed by atoms with Gasteiger partial charge < -0.3 is 5.73 Å². The molecule has 90 valence electrons. The van der Waals surface area contributed by atoms with Gasteiger partial charge in [0.1, 0.15) is 0 Å². The van der Waals surface area contributed by atoms with Crippen molar-refractivity contribution in [1.29, 1.82) is 0 Å². The smallest absolute Gasteiger partial charge is 0.0393 e. The van der Waals surface area contributed by atoms with Gasteiger partial charge in [-0.3, -0.25) is 0 Å². The quantitative estimate of drug-likeness (QED) is 0.574. The molecule has 0 aliphatic carbocycles. The van der Waals surface area contributed by atoms with Crippen LogP contribution in [0, 0.1) is 6.92 Å². The van der Waals surface area contributed by atoms with E-state index >= 15 is 0 Å². The second-order valence-electron chi connectivity index (χ2n) is 4.22. The number of hydrogen-bond acceptors (Lipinski definition) is 1. The van der Waals surface area contributed by atoms with Gasteiger partial charge in [-0.05, 0) is 18.4 Å². The molecule has 3 rings (SSSR count). The van der Waals surface area contributed by atoms with Crippen LogP contribution in [0.1, 0.15) is 5.56 Å². The van der Waals surface area contributed by atoms with Gasteiger partial charge >= 0.3 is 0 Å². The first kappa shape index (κ1) is 12.2. The summed E-state index contributed by atoms with van der Waals surface area (Å²) in [6.45, 7) is 2.08. The van der Waals surface area contributed by atoms with Crippen LogP contribution in [0.3, 0.4) is 0 Å². The molecule has 0 spiro atoms. The first-order chi connectivity index (χ1) is 8.77. The van der Waals surface area contributed by atoms with E-state index in [0.29, 0.717) is 0 Å². The summed E-state index contributed by atoms with van der Waals surface area (Å²) in [7, 11) is 0. The normalized spacial score (nSPS) is 9.61. The Kier molecular flexibility index (Phi) is 3.98. The number of benzene rings is 3. The van der Waals surface area contributed by atoms with Crippen molar-refractivity contribution < 1.29 is 0 Å². The van der Waals surface area contributed by atoms with Crippen molar-refractivity contribution in [3.63, 3.8) is 0 Å². The van der Waals surface area contributed by atoms with Crippen molar-refractivity contribution in [2.24, 2.45) is 0 Å². The minimum Gasteiger partial charge on any atom is -0.398 e. The van der Waals surface area contributed by atoms with E-state index in [4.69, 9.17) is 5.73 Å². The lowest BCUT2D eigenvalue weighted by Gasteiger charge is -1.98. The SMILES string of the molecule is Cc1ccccc1.Nc1cccc2ccccc12. The molecule has 0 radical (unpaired) electrons. The van der Waals surface area contributed by atoms with Crippen molar-refractivity contribution in [3.05, 3.63) is 78.4 Å². The molecule has 3 aromatic rings. The van der Waals surface area contributed by atoms with E-state index in [0.717, 1.165) is 11.1 Å². The molecular formula is C17H17N. The van der Waals surface area contributed by atoms with Gasteiger partial charge in [-0.15, -0.1) is 0 Å². The highest BCUT2D eigenvalue weighted by atomic mass is 14.5. The summed E-state index contributed by atoms with van der Waals surface area (Å²) in [5.41, 5.74) is 7.93. The van der Waals surface area contributed by atoms with Gasteiger partial charge in [0.15, 0.2) is 0 Å². The molecule has 0 aliphatic rings. The molecule has 0 fully saturated rings. The lowest BCUT2D eigenvalue weighted by Crippen LogP contribution is -1.84. The zero-order valence-corrected chi connectivity index (χ0v) is 10.5. The van der Waals surface area contributed by atoms with Crippen LogP contribution in [0.25, 0.3) is 10.8 Å². The van der Waals surface area contributed by atoms with Gasteiger partial charge in [0.2, 0.25) is 0 Å². The summed E-state index contributed by atoms with van der Waals surface area (Å²) < 4.78 is 0. The predicted molar refractivity (Wildman–Crippen MR) is 79.5 cm³/mol. The molecule has 0 saturated carbocycles. The first-order valence-corrected chi connectivity index (χ1v) is 6.02. The number of rotatable bonds is 0. The van der Waals surface area contributed by atoms with E-state index in [2.05, 4.69) is 31.2 Å². The van der Waals surface area contributed by atoms with Crippen LogP contribution in [0.4, 0.5) is 5.69 Å². The Morgan fingerprint density at radius 3 is 1.89 bits per heavy atom. The van der Waals surface area contributed by atoms with E-state index in [1.807, 2.05) is 48.5 Å². The van der Waals surface area contributed by atoms with Crippen molar-refractivity contribution >= 4 is 16.5 Å². The second-order valence-corrected chi connectivity index (χ2v) is 4.22. The summed E-state index contributed by atoms with van der Waals surface area (Å²) in [5.74, 6) is 0. The largest absolute Gasteiger partial charge is 0.398 e. The molecule has 0 unspecified atom stereocenters. The van der Waals surface area contributed by atoms with Gasteiger partial charge in [0.25, 0.3) is 0 Å². The Labute approximate surface area is 108 Å². The van der Waals surface area contributed by atoms with Crippen LogP contribution in [0.2, 0.25) is 0 Å². The van der Waals surface area contributed by atoms with Crippen LogP contribution in [0.5, 0.6) is 0 Å². The molecule has 0 aliphatic heterocycles. The molecule has 0 saturated heterocycles. The Morgan fingerprint density at radius 1 is 0.667 bits per heavy atom. The Bertz CT molecular complexity index is 609. The monoisotopic (exact) mass is 235 g/mol. The highest BCUT2D eigenvalue weighted by molar-refractivity contribution is 5.92. The van der Waals surface area contributed by atoms with E-state index < -0.39 is 0 Å². The molecular weight excluding hydrogens is 218 g/mol. The van der Waals surface area contributed by atoms with Crippen molar-refractivity contribution in [2.45, 2.75) is 6.92 Å². The molecule has 0 atom stereocenters. The highest BCUT2D eigenvalue weighted by Crippen LogP contribution is 2.19. The molecule has 18 heavy (non-hydrogen) atoms. The van der Waals surface area contributed by atoms with E-state index in [1.165, 1.54) is 10.9 Å². The Morgan fingerprint density at radius 2 is 1.28 bits per heavy atom. The number of nitrogens with two attached hydrogens (primary N) is 1. The minimum atomic E-state index is 0.850. The van der Waals surface area contributed by atoms with Gasteiger partial charge in [0.05, 0.1) is 0 Å². The molecule has 0 amide bonds. The second kappa shape index (κ2) is 5.87. The van der Waals surface area contributed by atoms with Crippen LogP contribution < -0.4 is 5.73 Å². The number of aryl methyl sites for hydroxylation is 1. The van der Waals surface area contributed by atoms with E-state index in [-0.39, 0.29) is 0 Å². The minimum absolute atomic E-state index is 0.850. The molecule has 2 N–H and O–H groups in total. The number of nitrogen functional groups attached to an aromatic ring is 1. The lowest BCUT2D eigenvalue weighted by molar-refractivity contribution is 1.48. The standard InChI is InChI=1S/C10H9N.C7H8/c11-10-7-3-5-8-4-1-2-6-9(8)10;1-7-5-3-2-4-6-7/h1-7H,11H2;2-6H,1H3. The third-order valence-electron chi connectivity index (χ3n) is 2.76. The molecule has 3 aromatic carbocycles. The fraction of sp³-hybridized carbons (Fsp3) is 0.0588. The average Bonchev–Trinajstić information content (AvgIpc) is 2.41. The maximum atomic E-state index is 5.76. The zero-order valence-electron chi connectivity index (χ0n) is 10.5. The molecule has 0 aromatic heterocycles. The van der Waals surface area contributed by atoms with Crippen molar-refractivity contribution in [3.8, 4) is 0 Å². The summed E-state index contributed by atoms with van der Waals surface area (Å²) in [6.07, 6.45) is 0. The predicted octanol–water partition coefficient (Wildman–Crippen LogP) is 4.42. The van der Waals surface area contributed by atoms with E-state index in [1.54, 1.807) is 0 Å². The average molecular weight is 235 g/mol.